The molecule has 1 aromatic carbocycles. The van der Waals surface area contributed by atoms with Crippen LogP contribution in [0, 0.1) is 5.92 Å². The highest BCUT2D eigenvalue weighted by molar-refractivity contribution is 9.10. The summed E-state index contributed by atoms with van der Waals surface area (Å²) in [6.07, 6.45) is 1.71. The van der Waals surface area contributed by atoms with Gasteiger partial charge in [-0.15, -0.1) is 0 Å². The van der Waals surface area contributed by atoms with Gasteiger partial charge in [0.25, 0.3) is 0 Å². The van der Waals surface area contributed by atoms with E-state index >= 15 is 0 Å². The molecule has 0 spiro atoms. The average molecular weight is 285 g/mol. The van der Waals surface area contributed by atoms with E-state index in [2.05, 4.69) is 29.8 Å². The molecule has 16 heavy (non-hydrogen) atoms. The second-order valence-electron chi connectivity index (χ2n) is 4.19. The van der Waals surface area contributed by atoms with E-state index in [4.69, 9.17) is 0 Å². The summed E-state index contributed by atoms with van der Waals surface area (Å²) in [4.78, 5) is 11.2. The van der Waals surface area contributed by atoms with Gasteiger partial charge in [0.15, 0.2) is 0 Å². The third-order valence-electron chi connectivity index (χ3n) is 2.88. The number of halogens is 1. The Morgan fingerprint density at radius 1 is 1.50 bits per heavy atom. The van der Waals surface area contributed by atoms with Crippen LogP contribution in [0.3, 0.4) is 0 Å². The summed E-state index contributed by atoms with van der Waals surface area (Å²) in [6, 6.07) is 7.56. The maximum Gasteiger partial charge on any atom is 0.310 e. The molecule has 0 aliphatic carbocycles. The Bertz CT molecular complexity index is 363. The van der Waals surface area contributed by atoms with Crippen LogP contribution in [-0.2, 0) is 4.79 Å². The number of carboxylic acids is 1. The van der Waals surface area contributed by atoms with Gasteiger partial charge in [0.1, 0.15) is 0 Å². The summed E-state index contributed by atoms with van der Waals surface area (Å²) in [5, 5.41) is 9.25. The van der Waals surface area contributed by atoms with Gasteiger partial charge in [0.2, 0.25) is 0 Å². The minimum Gasteiger partial charge on any atom is -0.481 e. The molecule has 1 N–H and O–H groups in total. The van der Waals surface area contributed by atoms with Gasteiger partial charge in [0.05, 0.1) is 5.92 Å². The molecule has 0 aliphatic rings. The van der Waals surface area contributed by atoms with Gasteiger partial charge in [-0.2, -0.15) is 0 Å². The van der Waals surface area contributed by atoms with Gasteiger partial charge in [-0.1, -0.05) is 48.3 Å². The molecule has 0 amide bonds. The van der Waals surface area contributed by atoms with Crippen LogP contribution in [0.25, 0.3) is 0 Å². The van der Waals surface area contributed by atoms with Gasteiger partial charge in [-0.25, -0.2) is 0 Å². The number of hydrogen-bond donors (Lipinski definition) is 1. The number of carboxylic acid groups (broad SMARTS) is 1. The van der Waals surface area contributed by atoms with Crippen LogP contribution in [0.4, 0.5) is 0 Å². The van der Waals surface area contributed by atoms with E-state index in [1.165, 1.54) is 0 Å². The molecular weight excluding hydrogens is 268 g/mol. The number of hydrogen-bond acceptors (Lipinski definition) is 1. The first-order chi connectivity index (χ1) is 7.54. The maximum atomic E-state index is 11.2. The van der Waals surface area contributed by atoms with Crippen LogP contribution in [-0.4, -0.2) is 11.1 Å². The summed E-state index contributed by atoms with van der Waals surface area (Å²) >= 11 is 3.37. The van der Waals surface area contributed by atoms with Crippen molar-refractivity contribution in [2.75, 3.05) is 0 Å². The Labute approximate surface area is 105 Å². The van der Waals surface area contributed by atoms with Crippen LogP contribution in [0.2, 0.25) is 0 Å². The van der Waals surface area contributed by atoms with E-state index in [0.29, 0.717) is 12.3 Å². The second-order valence-corrected chi connectivity index (χ2v) is 5.11. The summed E-state index contributed by atoms with van der Waals surface area (Å²) in [5.41, 5.74) is 0.877. The van der Waals surface area contributed by atoms with Crippen molar-refractivity contribution in [1.82, 2.24) is 0 Å². The van der Waals surface area contributed by atoms with Crippen LogP contribution >= 0.6 is 15.9 Å². The molecule has 2 unspecified atom stereocenters. The Kier molecular flexibility index (Phi) is 5.00. The number of rotatable bonds is 5. The third kappa shape index (κ3) is 3.63. The second kappa shape index (κ2) is 6.04. The highest BCUT2D eigenvalue weighted by Gasteiger charge is 2.21. The average Bonchev–Trinajstić information content (AvgIpc) is 2.25. The van der Waals surface area contributed by atoms with E-state index in [1.54, 1.807) is 0 Å². The minimum atomic E-state index is -0.738. The van der Waals surface area contributed by atoms with Crippen molar-refractivity contribution in [3.8, 4) is 0 Å². The molecule has 0 saturated heterocycles. The van der Waals surface area contributed by atoms with Gasteiger partial charge >= 0.3 is 5.97 Å². The predicted molar refractivity (Wildman–Crippen MR) is 68.6 cm³/mol. The molecule has 88 valence electrons. The molecule has 0 aliphatic heterocycles. The highest BCUT2D eigenvalue weighted by atomic mass is 79.9. The van der Waals surface area contributed by atoms with Crippen molar-refractivity contribution in [3.63, 3.8) is 0 Å². The van der Waals surface area contributed by atoms with Crippen LogP contribution in [0.1, 0.15) is 38.2 Å². The number of benzene rings is 1. The van der Waals surface area contributed by atoms with Gasteiger partial charge in [0, 0.05) is 4.47 Å². The molecule has 0 aromatic heterocycles. The molecule has 1 aromatic rings. The molecule has 0 heterocycles. The maximum absolute atomic E-state index is 11.2. The predicted octanol–water partition coefficient (Wildman–Crippen LogP) is 4.05. The van der Waals surface area contributed by atoms with Gasteiger partial charge < -0.3 is 5.11 Å². The number of carbonyl (C=O) groups is 1. The van der Waals surface area contributed by atoms with Crippen molar-refractivity contribution >= 4 is 21.9 Å². The van der Waals surface area contributed by atoms with Gasteiger partial charge in [-0.3, -0.25) is 4.79 Å². The molecule has 2 nitrogen and oxygen atoms in total. The first-order valence-electron chi connectivity index (χ1n) is 5.52. The van der Waals surface area contributed by atoms with E-state index in [1.807, 2.05) is 24.3 Å². The van der Waals surface area contributed by atoms with Gasteiger partial charge in [-0.05, 0) is 30.0 Å². The van der Waals surface area contributed by atoms with Crippen LogP contribution in [0.15, 0.2) is 28.7 Å². The van der Waals surface area contributed by atoms with Crippen LogP contribution < -0.4 is 0 Å². The SMILES string of the molecule is CCC(C)CC(C(=O)O)c1cccc(Br)c1. The minimum absolute atomic E-state index is 0.396. The molecule has 0 radical (unpaired) electrons. The zero-order valence-corrected chi connectivity index (χ0v) is 11.2. The molecule has 0 fully saturated rings. The number of aliphatic carboxylic acids is 1. The Hall–Kier alpha value is -0.830. The smallest absolute Gasteiger partial charge is 0.310 e. The van der Waals surface area contributed by atoms with Crippen LogP contribution in [0.5, 0.6) is 0 Å². The van der Waals surface area contributed by atoms with E-state index in [-0.39, 0.29) is 0 Å². The van der Waals surface area contributed by atoms with Crippen molar-refractivity contribution in [3.05, 3.63) is 34.3 Å². The topological polar surface area (TPSA) is 37.3 Å². The molecule has 2 atom stereocenters. The lowest BCUT2D eigenvalue weighted by molar-refractivity contribution is -0.139. The molecular formula is C13H17BrO2. The first kappa shape index (κ1) is 13.2. The Balaban J connectivity index is 2.89. The monoisotopic (exact) mass is 284 g/mol. The zero-order chi connectivity index (χ0) is 12.1. The molecule has 3 heteroatoms. The fraction of sp³-hybridized carbons (Fsp3) is 0.462. The lowest BCUT2D eigenvalue weighted by Crippen LogP contribution is -2.14. The fourth-order valence-electron chi connectivity index (χ4n) is 1.67. The highest BCUT2D eigenvalue weighted by Crippen LogP contribution is 2.27. The summed E-state index contributed by atoms with van der Waals surface area (Å²) in [5.74, 6) is -0.703. The largest absolute Gasteiger partial charge is 0.481 e. The first-order valence-corrected chi connectivity index (χ1v) is 6.32. The fourth-order valence-corrected chi connectivity index (χ4v) is 2.09. The summed E-state index contributed by atoms with van der Waals surface area (Å²) < 4.78 is 0.931. The standard InChI is InChI=1S/C13H17BrO2/c1-3-9(2)7-12(13(15)16)10-5-4-6-11(14)8-10/h4-6,8-9,12H,3,7H2,1-2H3,(H,15,16). The molecule has 0 saturated carbocycles. The van der Waals surface area contributed by atoms with Crippen molar-refractivity contribution in [1.29, 1.82) is 0 Å². The molecule has 0 bridgehead atoms. The summed E-state index contributed by atoms with van der Waals surface area (Å²) in [7, 11) is 0. The van der Waals surface area contributed by atoms with Crippen molar-refractivity contribution < 1.29 is 9.90 Å². The Morgan fingerprint density at radius 2 is 2.19 bits per heavy atom. The molecule has 1 rings (SSSR count). The van der Waals surface area contributed by atoms with E-state index < -0.39 is 11.9 Å². The third-order valence-corrected chi connectivity index (χ3v) is 3.38. The summed E-state index contributed by atoms with van der Waals surface area (Å²) in [6.45, 7) is 4.18. The van der Waals surface area contributed by atoms with E-state index in [0.717, 1.165) is 16.5 Å². The van der Waals surface area contributed by atoms with E-state index in [9.17, 15) is 9.90 Å². The quantitative estimate of drug-likeness (QED) is 0.886. The lowest BCUT2D eigenvalue weighted by Gasteiger charge is -2.16. The zero-order valence-electron chi connectivity index (χ0n) is 9.61. The van der Waals surface area contributed by atoms with Crippen molar-refractivity contribution in [2.45, 2.75) is 32.6 Å². The normalized spacial score (nSPS) is 14.4. The lowest BCUT2D eigenvalue weighted by atomic mass is 9.88. The Morgan fingerprint density at radius 3 is 2.69 bits per heavy atom. The van der Waals surface area contributed by atoms with Crippen molar-refractivity contribution in [2.24, 2.45) is 5.92 Å².